The number of fused-ring (bicyclic) bond motifs is 1. The van der Waals surface area contributed by atoms with Crippen LogP contribution in [0.25, 0.3) is 0 Å². The predicted molar refractivity (Wildman–Crippen MR) is 59.0 cm³/mol. The lowest BCUT2D eigenvalue weighted by Gasteiger charge is -2.20. The highest BCUT2D eigenvalue weighted by atomic mass is 16.5. The van der Waals surface area contributed by atoms with E-state index in [4.69, 9.17) is 4.74 Å². The molecule has 0 saturated carbocycles. The summed E-state index contributed by atoms with van der Waals surface area (Å²) in [5.41, 5.74) is 3.49. The average Bonchev–Trinajstić information content (AvgIpc) is 2.27. The van der Waals surface area contributed by atoms with Crippen molar-refractivity contribution < 1.29 is 4.74 Å². The standard InChI is InChI=1S/C9H12N2O.C2H6/c1-6-5-11-9-8(7(6)2)10-3-4-12-9;1-2/h5,10H,3-4H2,1-2H3;1-2H3. The van der Waals surface area contributed by atoms with E-state index in [-0.39, 0.29) is 0 Å². The van der Waals surface area contributed by atoms with Crippen LogP contribution in [0.2, 0.25) is 0 Å². The van der Waals surface area contributed by atoms with Gasteiger partial charge in [0.05, 0.1) is 0 Å². The minimum atomic E-state index is 0.711. The number of rotatable bonds is 0. The van der Waals surface area contributed by atoms with Crippen LogP contribution >= 0.6 is 0 Å². The molecule has 0 aliphatic carbocycles. The zero-order valence-corrected chi connectivity index (χ0v) is 9.35. The smallest absolute Gasteiger partial charge is 0.237 e. The molecule has 3 nitrogen and oxygen atoms in total. The van der Waals surface area contributed by atoms with E-state index in [0.717, 1.165) is 18.1 Å². The second-order valence-electron chi connectivity index (χ2n) is 3.02. The Hall–Kier alpha value is -1.25. The highest BCUT2D eigenvalue weighted by Crippen LogP contribution is 2.29. The molecular weight excluding hydrogens is 176 g/mol. The number of anilines is 1. The number of hydrogen-bond donors (Lipinski definition) is 1. The van der Waals surface area contributed by atoms with Gasteiger partial charge >= 0.3 is 0 Å². The first-order valence-corrected chi connectivity index (χ1v) is 5.12. The summed E-state index contributed by atoms with van der Waals surface area (Å²) >= 11 is 0. The summed E-state index contributed by atoms with van der Waals surface area (Å²) in [5.74, 6) is 0.740. The van der Waals surface area contributed by atoms with Crippen molar-refractivity contribution in [3.8, 4) is 5.88 Å². The zero-order valence-electron chi connectivity index (χ0n) is 9.35. The Balaban J connectivity index is 0.000000461. The molecule has 0 amide bonds. The Kier molecular flexibility index (Phi) is 3.74. The van der Waals surface area contributed by atoms with E-state index >= 15 is 0 Å². The number of aromatic nitrogens is 1. The van der Waals surface area contributed by atoms with Gasteiger partial charge in [0, 0.05) is 12.7 Å². The molecule has 0 fully saturated rings. The second kappa shape index (κ2) is 4.84. The summed E-state index contributed by atoms with van der Waals surface area (Å²) in [6.45, 7) is 9.72. The molecule has 0 aromatic carbocycles. The van der Waals surface area contributed by atoms with Crippen LogP contribution in [-0.2, 0) is 0 Å². The first-order valence-electron chi connectivity index (χ1n) is 5.12. The van der Waals surface area contributed by atoms with Gasteiger partial charge in [0.1, 0.15) is 12.3 Å². The normalized spacial score (nSPS) is 12.9. The molecular formula is C11H18N2O. The van der Waals surface area contributed by atoms with Gasteiger partial charge in [-0.15, -0.1) is 0 Å². The lowest BCUT2D eigenvalue weighted by atomic mass is 10.1. The van der Waals surface area contributed by atoms with E-state index in [9.17, 15) is 0 Å². The van der Waals surface area contributed by atoms with Crippen molar-refractivity contribution in [1.82, 2.24) is 4.98 Å². The van der Waals surface area contributed by atoms with Crippen molar-refractivity contribution >= 4 is 5.69 Å². The SMILES string of the molecule is CC.Cc1cnc2c(c1C)NCCO2. The van der Waals surface area contributed by atoms with Crippen molar-refractivity contribution in [1.29, 1.82) is 0 Å². The van der Waals surface area contributed by atoms with Crippen molar-refractivity contribution in [3.63, 3.8) is 0 Å². The summed E-state index contributed by atoms with van der Waals surface area (Å²) < 4.78 is 5.39. The Morgan fingerprint density at radius 1 is 1.36 bits per heavy atom. The molecule has 1 aromatic heterocycles. The van der Waals surface area contributed by atoms with Crippen molar-refractivity contribution in [2.24, 2.45) is 0 Å². The number of hydrogen-bond acceptors (Lipinski definition) is 3. The maximum atomic E-state index is 5.39. The maximum absolute atomic E-state index is 5.39. The molecule has 0 unspecified atom stereocenters. The Morgan fingerprint density at radius 3 is 2.79 bits per heavy atom. The molecule has 3 heteroatoms. The largest absolute Gasteiger partial charge is 0.474 e. The molecule has 0 saturated heterocycles. The highest BCUT2D eigenvalue weighted by molar-refractivity contribution is 5.61. The molecule has 2 heterocycles. The third-order valence-electron chi connectivity index (χ3n) is 2.20. The number of nitrogens with one attached hydrogen (secondary N) is 1. The van der Waals surface area contributed by atoms with E-state index in [0.29, 0.717) is 6.61 Å². The summed E-state index contributed by atoms with van der Waals surface area (Å²) in [6, 6.07) is 0. The average molecular weight is 194 g/mol. The molecule has 1 N–H and O–H groups in total. The van der Waals surface area contributed by atoms with E-state index in [2.05, 4.69) is 24.1 Å². The van der Waals surface area contributed by atoms with Crippen LogP contribution in [0, 0.1) is 13.8 Å². The van der Waals surface area contributed by atoms with Gasteiger partial charge in [-0.2, -0.15) is 0 Å². The van der Waals surface area contributed by atoms with Gasteiger partial charge < -0.3 is 10.1 Å². The fourth-order valence-corrected chi connectivity index (χ4v) is 1.32. The van der Waals surface area contributed by atoms with Crippen molar-refractivity contribution in [2.45, 2.75) is 27.7 Å². The van der Waals surface area contributed by atoms with Gasteiger partial charge in [0.2, 0.25) is 5.88 Å². The topological polar surface area (TPSA) is 34.2 Å². The third-order valence-corrected chi connectivity index (χ3v) is 2.20. The second-order valence-corrected chi connectivity index (χ2v) is 3.02. The fourth-order valence-electron chi connectivity index (χ4n) is 1.32. The molecule has 0 spiro atoms. The van der Waals surface area contributed by atoms with E-state index < -0.39 is 0 Å². The molecule has 0 bridgehead atoms. The van der Waals surface area contributed by atoms with E-state index in [1.54, 1.807) is 0 Å². The third kappa shape index (κ3) is 1.97. The molecule has 14 heavy (non-hydrogen) atoms. The number of pyridine rings is 1. The van der Waals surface area contributed by atoms with Crippen LogP contribution in [0.3, 0.4) is 0 Å². The lowest BCUT2D eigenvalue weighted by Crippen LogP contribution is -2.20. The van der Waals surface area contributed by atoms with Crippen LogP contribution in [0.15, 0.2) is 6.20 Å². The highest BCUT2D eigenvalue weighted by Gasteiger charge is 2.13. The van der Waals surface area contributed by atoms with Gasteiger partial charge in [-0.3, -0.25) is 0 Å². The monoisotopic (exact) mass is 194 g/mol. The maximum Gasteiger partial charge on any atom is 0.237 e. The summed E-state index contributed by atoms with van der Waals surface area (Å²) in [6.07, 6.45) is 1.85. The molecule has 0 radical (unpaired) electrons. The molecule has 78 valence electrons. The number of aryl methyl sites for hydroxylation is 1. The summed E-state index contributed by atoms with van der Waals surface area (Å²) in [4.78, 5) is 4.19. The summed E-state index contributed by atoms with van der Waals surface area (Å²) in [7, 11) is 0. The molecule has 2 rings (SSSR count). The Morgan fingerprint density at radius 2 is 2.07 bits per heavy atom. The van der Waals surface area contributed by atoms with Crippen molar-refractivity contribution in [3.05, 3.63) is 17.3 Å². The minimum absolute atomic E-state index is 0.711. The van der Waals surface area contributed by atoms with E-state index in [1.807, 2.05) is 20.0 Å². The molecule has 0 atom stereocenters. The minimum Gasteiger partial charge on any atom is -0.474 e. The van der Waals surface area contributed by atoms with Gasteiger partial charge in [-0.25, -0.2) is 4.98 Å². The van der Waals surface area contributed by atoms with E-state index in [1.165, 1.54) is 11.1 Å². The van der Waals surface area contributed by atoms with Crippen LogP contribution in [0.1, 0.15) is 25.0 Å². The van der Waals surface area contributed by atoms with Gasteiger partial charge in [-0.1, -0.05) is 13.8 Å². The quantitative estimate of drug-likeness (QED) is 0.689. The van der Waals surface area contributed by atoms with Crippen molar-refractivity contribution in [2.75, 3.05) is 18.5 Å². The Labute approximate surface area is 85.5 Å². The zero-order chi connectivity index (χ0) is 10.6. The van der Waals surface area contributed by atoms with Crippen LogP contribution in [0.5, 0.6) is 5.88 Å². The Bertz CT molecular complexity index is 310. The fraction of sp³-hybridized carbons (Fsp3) is 0.545. The van der Waals surface area contributed by atoms with Gasteiger partial charge in [0.15, 0.2) is 0 Å². The van der Waals surface area contributed by atoms with Crippen LogP contribution in [0.4, 0.5) is 5.69 Å². The molecule has 1 aromatic rings. The molecule has 1 aliphatic heterocycles. The summed E-state index contributed by atoms with van der Waals surface area (Å²) in [5, 5.41) is 3.28. The van der Waals surface area contributed by atoms with Crippen LogP contribution in [-0.4, -0.2) is 18.1 Å². The van der Waals surface area contributed by atoms with Crippen LogP contribution < -0.4 is 10.1 Å². The number of nitrogens with zero attached hydrogens (tertiary/aromatic N) is 1. The predicted octanol–water partition coefficient (Wildman–Crippen LogP) is 2.53. The first kappa shape index (κ1) is 10.8. The number of ether oxygens (including phenoxy) is 1. The van der Waals surface area contributed by atoms with Gasteiger partial charge in [0.25, 0.3) is 0 Å². The van der Waals surface area contributed by atoms with Gasteiger partial charge in [-0.05, 0) is 25.0 Å². The molecule has 1 aliphatic rings. The first-order chi connectivity index (χ1) is 6.79. The lowest BCUT2D eigenvalue weighted by molar-refractivity contribution is 0.310.